The van der Waals surface area contributed by atoms with Crippen LogP contribution in [0.25, 0.3) is 0 Å². The van der Waals surface area contributed by atoms with Crippen LogP contribution in [0.5, 0.6) is 0 Å². The van der Waals surface area contributed by atoms with Crippen LogP contribution >= 0.6 is 12.4 Å². The van der Waals surface area contributed by atoms with Crippen molar-refractivity contribution < 1.29 is 13.9 Å². The molecule has 0 radical (unpaired) electrons. The van der Waals surface area contributed by atoms with Gasteiger partial charge in [0.2, 0.25) is 0 Å². The lowest BCUT2D eigenvalue weighted by Crippen LogP contribution is -2.38. The standard InChI is InChI=1S/C15H23F2NO.ClH/c1-5-15(19,11(2)10-18(3)4)13-8-6-7-12(9-13)14(16)17;/h6-9,11,14,19H,5,10H2,1-4H3;1H/t11-,15-;/m1./s1. The molecule has 0 fully saturated rings. The van der Waals surface area contributed by atoms with Crippen molar-refractivity contribution >= 4 is 12.4 Å². The van der Waals surface area contributed by atoms with Gasteiger partial charge >= 0.3 is 0 Å². The highest BCUT2D eigenvalue weighted by Gasteiger charge is 2.34. The Bertz CT molecular complexity index is 415. The number of benzene rings is 1. The van der Waals surface area contributed by atoms with Crippen molar-refractivity contribution in [2.24, 2.45) is 5.92 Å². The van der Waals surface area contributed by atoms with Gasteiger partial charge in [-0.2, -0.15) is 0 Å². The number of halogens is 3. The molecule has 0 unspecified atom stereocenters. The maximum absolute atomic E-state index is 12.8. The Kier molecular flexibility index (Phi) is 7.63. The summed E-state index contributed by atoms with van der Waals surface area (Å²) in [6.45, 7) is 4.52. The lowest BCUT2D eigenvalue weighted by Gasteiger charge is -2.35. The quantitative estimate of drug-likeness (QED) is 0.863. The van der Waals surface area contributed by atoms with E-state index >= 15 is 0 Å². The van der Waals surface area contributed by atoms with Crippen LogP contribution in [0.2, 0.25) is 0 Å². The molecular weight excluding hydrogens is 284 g/mol. The lowest BCUT2D eigenvalue weighted by molar-refractivity contribution is -0.0293. The number of hydrogen-bond acceptors (Lipinski definition) is 2. The molecule has 0 bridgehead atoms. The first-order valence-electron chi connectivity index (χ1n) is 6.57. The third-order valence-corrected chi connectivity index (χ3v) is 3.63. The topological polar surface area (TPSA) is 23.5 Å². The predicted molar refractivity (Wildman–Crippen MR) is 80.6 cm³/mol. The van der Waals surface area contributed by atoms with Crippen molar-refractivity contribution in [2.75, 3.05) is 20.6 Å². The zero-order valence-corrected chi connectivity index (χ0v) is 13.3. The van der Waals surface area contributed by atoms with Gasteiger partial charge in [0.25, 0.3) is 6.43 Å². The average molecular weight is 308 g/mol. The van der Waals surface area contributed by atoms with E-state index in [4.69, 9.17) is 0 Å². The molecule has 0 aromatic heterocycles. The van der Waals surface area contributed by atoms with E-state index in [1.807, 2.05) is 32.8 Å². The molecule has 0 aliphatic rings. The Hall–Kier alpha value is -0.710. The second-order valence-corrected chi connectivity index (χ2v) is 5.37. The SMILES string of the molecule is CC[C@](O)(c1cccc(C(F)F)c1)[C@H](C)CN(C)C.Cl. The fourth-order valence-corrected chi connectivity index (χ4v) is 2.48. The van der Waals surface area contributed by atoms with E-state index in [1.165, 1.54) is 12.1 Å². The molecule has 0 spiro atoms. The summed E-state index contributed by atoms with van der Waals surface area (Å²) in [7, 11) is 3.87. The number of alkyl halides is 2. The molecule has 1 aromatic rings. The van der Waals surface area contributed by atoms with Gasteiger partial charge < -0.3 is 10.0 Å². The first-order valence-corrected chi connectivity index (χ1v) is 6.57. The second-order valence-electron chi connectivity index (χ2n) is 5.37. The molecule has 0 aliphatic heterocycles. The molecule has 2 nitrogen and oxygen atoms in total. The summed E-state index contributed by atoms with van der Waals surface area (Å²) in [6, 6.07) is 6.11. The predicted octanol–water partition coefficient (Wildman–Crippen LogP) is 3.84. The summed E-state index contributed by atoms with van der Waals surface area (Å²) >= 11 is 0. The Balaban J connectivity index is 0.00000361. The van der Waals surface area contributed by atoms with Crippen LogP contribution in [0.15, 0.2) is 24.3 Å². The number of hydrogen-bond donors (Lipinski definition) is 1. The minimum Gasteiger partial charge on any atom is -0.385 e. The normalized spacial score (nSPS) is 15.8. The van der Waals surface area contributed by atoms with Gasteiger partial charge in [-0.05, 0) is 32.1 Å². The molecule has 0 aliphatic carbocycles. The molecule has 1 N–H and O–H groups in total. The van der Waals surface area contributed by atoms with E-state index in [0.29, 0.717) is 18.5 Å². The van der Waals surface area contributed by atoms with Crippen LogP contribution in [0.1, 0.15) is 37.8 Å². The minimum atomic E-state index is -2.51. The average Bonchev–Trinajstić information content (AvgIpc) is 2.37. The summed E-state index contributed by atoms with van der Waals surface area (Å²) < 4.78 is 25.5. The lowest BCUT2D eigenvalue weighted by atomic mass is 9.79. The van der Waals surface area contributed by atoms with Crippen molar-refractivity contribution in [3.8, 4) is 0 Å². The molecule has 116 valence electrons. The van der Waals surface area contributed by atoms with Crippen LogP contribution in [-0.4, -0.2) is 30.6 Å². The summed E-state index contributed by atoms with van der Waals surface area (Å²) in [5.41, 5.74) is -0.543. The Morgan fingerprint density at radius 2 is 1.90 bits per heavy atom. The molecule has 5 heteroatoms. The second kappa shape index (κ2) is 7.91. The first kappa shape index (κ1) is 19.3. The van der Waals surface area contributed by atoms with Gasteiger partial charge in [0, 0.05) is 18.0 Å². The fraction of sp³-hybridized carbons (Fsp3) is 0.600. The van der Waals surface area contributed by atoms with Crippen molar-refractivity contribution in [1.82, 2.24) is 4.90 Å². The Morgan fingerprint density at radius 1 is 1.30 bits per heavy atom. The smallest absolute Gasteiger partial charge is 0.263 e. The maximum Gasteiger partial charge on any atom is 0.263 e. The summed E-state index contributed by atoms with van der Waals surface area (Å²) in [6.07, 6.45) is -2.01. The van der Waals surface area contributed by atoms with Crippen LogP contribution in [0, 0.1) is 5.92 Å². The fourth-order valence-electron chi connectivity index (χ4n) is 2.48. The highest BCUT2D eigenvalue weighted by Crippen LogP contribution is 2.35. The molecule has 0 amide bonds. The minimum absolute atomic E-state index is 0. The van der Waals surface area contributed by atoms with Crippen molar-refractivity contribution in [3.05, 3.63) is 35.4 Å². The molecule has 0 heterocycles. The Labute approximate surface area is 126 Å². The van der Waals surface area contributed by atoms with Gasteiger partial charge in [-0.15, -0.1) is 12.4 Å². The van der Waals surface area contributed by atoms with Crippen molar-refractivity contribution in [3.63, 3.8) is 0 Å². The first-order chi connectivity index (χ1) is 8.81. The van der Waals surface area contributed by atoms with E-state index in [9.17, 15) is 13.9 Å². The highest BCUT2D eigenvalue weighted by molar-refractivity contribution is 5.85. The van der Waals surface area contributed by atoms with Crippen LogP contribution < -0.4 is 0 Å². The third kappa shape index (κ3) is 4.40. The highest BCUT2D eigenvalue weighted by atomic mass is 35.5. The number of nitrogens with zero attached hydrogens (tertiary/aromatic N) is 1. The largest absolute Gasteiger partial charge is 0.385 e. The van der Waals surface area contributed by atoms with Gasteiger partial charge in [-0.25, -0.2) is 8.78 Å². The molecule has 0 saturated heterocycles. The number of aliphatic hydroxyl groups is 1. The number of rotatable bonds is 6. The van der Waals surface area contributed by atoms with Gasteiger partial charge in [0.1, 0.15) is 0 Å². The van der Waals surface area contributed by atoms with Crippen molar-refractivity contribution in [1.29, 1.82) is 0 Å². The van der Waals surface area contributed by atoms with Crippen LogP contribution in [0.4, 0.5) is 8.78 Å². The summed E-state index contributed by atoms with van der Waals surface area (Å²) in [5, 5.41) is 10.8. The monoisotopic (exact) mass is 307 g/mol. The van der Waals surface area contributed by atoms with Crippen LogP contribution in [-0.2, 0) is 5.60 Å². The molecule has 20 heavy (non-hydrogen) atoms. The maximum atomic E-state index is 12.8. The molecule has 1 aromatic carbocycles. The zero-order valence-electron chi connectivity index (χ0n) is 12.4. The van der Waals surface area contributed by atoms with E-state index in [2.05, 4.69) is 0 Å². The molecule has 0 saturated carbocycles. The molecule has 2 atom stereocenters. The van der Waals surface area contributed by atoms with E-state index in [0.717, 1.165) is 0 Å². The van der Waals surface area contributed by atoms with Gasteiger partial charge in [-0.1, -0.05) is 32.0 Å². The summed E-state index contributed by atoms with van der Waals surface area (Å²) in [4.78, 5) is 1.99. The van der Waals surface area contributed by atoms with Crippen LogP contribution in [0.3, 0.4) is 0 Å². The van der Waals surface area contributed by atoms with E-state index in [-0.39, 0.29) is 23.9 Å². The van der Waals surface area contributed by atoms with E-state index < -0.39 is 12.0 Å². The van der Waals surface area contributed by atoms with E-state index in [1.54, 1.807) is 12.1 Å². The Morgan fingerprint density at radius 3 is 2.35 bits per heavy atom. The third-order valence-electron chi connectivity index (χ3n) is 3.63. The van der Waals surface area contributed by atoms with Crippen molar-refractivity contribution in [2.45, 2.75) is 32.3 Å². The molecular formula is C15H24ClF2NO. The molecule has 1 rings (SSSR count). The van der Waals surface area contributed by atoms with Gasteiger partial charge in [0.15, 0.2) is 0 Å². The zero-order chi connectivity index (χ0) is 14.6. The van der Waals surface area contributed by atoms with Gasteiger partial charge in [-0.3, -0.25) is 0 Å². The summed E-state index contributed by atoms with van der Waals surface area (Å²) in [5.74, 6) is -0.0413. The van der Waals surface area contributed by atoms with Gasteiger partial charge in [0.05, 0.1) is 5.60 Å².